The second kappa shape index (κ2) is 5.32. The van der Waals surface area contributed by atoms with E-state index in [1.54, 1.807) is 0 Å². The van der Waals surface area contributed by atoms with E-state index in [4.69, 9.17) is 0 Å². The fourth-order valence-electron chi connectivity index (χ4n) is 2.94. The maximum Gasteiger partial charge on any atom is 0.244 e. The van der Waals surface area contributed by atoms with Gasteiger partial charge in [0.2, 0.25) is 5.91 Å². The average Bonchev–Trinajstić information content (AvgIpc) is 3.13. The van der Waals surface area contributed by atoms with Gasteiger partial charge >= 0.3 is 0 Å². The minimum Gasteiger partial charge on any atom is -0.361 e. The third-order valence-corrected chi connectivity index (χ3v) is 4.08. The SMILES string of the molecule is Cc1ccc2c(ccn2CC(=O)Nc2ccc3[nH]ccc3c2)c1. The van der Waals surface area contributed by atoms with Crippen molar-refractivity contribution >= 4 is 33.4 Å². The van der Waals surface area contributed by atoms with E-state index in [-0.39, 0.29) is 5.91 Å². The first-order valence-electron chi connectivity index (χ1n) is 7.61. The number of aryl methyl sites for hydroxylation is 1. The fraction of sp³-hybridized carbons (Fsp3) is 0.105. The zero-order valence-electron chi connectivity index (χ0n) is 12.8. The van der Waals surface area contributed by atoms with Gasteiger partial charge in [-0.2, -0.15) is 0 Å². The number of fused-ring (bicyclic) bond motifs is 2. The Balaban J connectivity index is 1.54. The number of amides is 1. The van der Waals surface area contributed by atoms with Crippen LogP contribution in [0.2, 0.25) is 0 Å². The van der Waals surface area contributed by atoms with Crippen LogP contribution in [-0.2, 0) is 11.3 Å². The number of H-pyrrole nitrogens is 1. The third-order valence-electron chi connectivity index (χ3n) is 4.08. The van der Waals surface area contributed by atoms with Gasteiger partial charge < -0.3 is 14.9 Å². The van der Waals surface area contributed by atoms with Crippen molar-refractivity contribution in [2.45, 2.75) is 13.5 Å². The summed E-state index contributed by atoms with van der Waals surface area (Å²) in [6, 6.07) is 16.1. The van der Waals surface area contributed by atoms with Crippen molar-refractivity contribution in [2.24, 2.45) is 0 Å². The molecule has 0 unspecified atom stereocenters. The molecule has 2 aromatic heterocycles. The average molecular weight is 303 g/mol. The van der Waals surface area contributed by atoms with Gasteiger partial charge in [0.25, 0.3) is 0 Å². The smallest absolute Gasteiger partial charge is 0.244 e. The van der Waals surface area contributed by atoms with Gasteiger partial charge in [0.05, 0.1) is 0 Å². The van der Waals surface area contributed by atoms with E-state index in [0.29, 0.717) is 6.54 Å². The Morgan fingerprint density at radius 1 is 1.09 bits per heavy atom. The predicted octanol–water partition coefficient (Wildman–Crippen LogP) is 4.07. The summed E-state index contributed by atoms with van der Waals surface area (Å²) in [6.07, 6.45) is 3.85. The summed E-state index contributed by atoms with van der Waals surface area (Å²) in [7, 11) is 0. The van der Waals surface area contributed by atoms with E-state index in [0.717, 1.165) is 27.5 Å². The molecule has 4 nitrogen and oxygen atoms in total. The number of hydrogen-bond donors (Lipinski definition) is 2. The minimum atomic E-state index is -0.0297. The van der Waals surface area contributed by atoms with Crippen molar-refractivity contribution in [3.8, 4) is 0 Å². The molecule has 0 atom stereocenters. The molecule has 0 radical (unpaired) electrons. The molecule has 0 aliphatic carbocycles. The number of carbonyl (C=O) groups is 1. The summed E-state index contributed by atoms with van der Waals surface area (Å²) in [5.41, 5.74) is 4.18. The molecular weight excluding hydrogens is 286 g/mol. The highest BCUT2D eigenvalue weighted by molar-refractivity contribution is 5.94. The van der Waals surface area contributed by atoms with Crippen molar-refractivity contribution in [1.82, 2.24) is 9.55 Å². The molecule has 1 amide bonds. The van der Waals surface area contributed by atoms with Crippen LogP contribution in [0.4, 0.5) is 5.69 Å². The Kier molecular flexibility index (Phi) is 3.15. The molecule has 0 spiro atoms. The second-order valence-corrected chi connectivity index (χ2v) is 5.83. The van der Waals surface area contributed by atoms with Crippen LogP contribution in [-0.4, -0.2) is 15.5 Å². The first kappa shape index (κ1) is 13.6. The van der Waals surface area contributed by atoms with Crippen LogP contribution >= 0.6 is 0 Å². The van der Waals surface area contributed by atoms with Crippen molar-refractivity contribution in [2.75, 3.05) is 5.32 Å². The van der Waals surface area contributed by atoms with Gasteiger partial charge in [0, 0.05) is 34.5 Å². The van der Waals surface area contributed by atoms with Crippen molar-refractivity contribution < 1.29 is 4.79 Å². The molecule has 0 aliphatic heterocycles. The molecule has 0 bridgehead atoms. The standard InChI is InChI=1S/C19H17N3O/c1-13-2-5-18-15(10-13)7-9-22(18)12-19(23)21-16-3-4-17-14(11-16)6-8-20-17/h2-11,20H,12H2,1H3,(H,21,23). The first-order chi connectivity index (χ1) is 11.2. The highest BCUT2D eigenvalue weighted by Crippen LogP contribution is 2.19. The van der Waals surface area contributed by atoms with Crippen LogP contribution in [0, 0.1) is 6.92 Å². The van der Waals surface area contributed by atoms with Gasteiger partial charge in [-0.05, 0) is 54.8 Å². The molecule has 2 heterocycles. The topological polar surface area (TPSA) is 49.8 Å². The molecule has 114 valence electrons. The summed E-state index contributed by atoms with van der Waals surface area (Å²) in [6.45, 7) is 2.37. The molecule has 0 fully saturated rings. The Bertz CT molecular complexity index is 1010. The largest absolute Gasteiger partial charge is 0.361 e. The maximum absolute atomic E-state index is 12.3. The summed E-state index contributed by atoms with van der Waals surface area (Å²) in [5.74, 6) is -0.0297. The lowest BCUT2D eigenvalue weighted by Crippen LogP contribution is -2.18. The second-order valence-electron chi connectivity index (χ2n) is 5.83. The van der Waals surface area contributed by atoms with E-state index in [1.807, 2.05) is 47.3 Å². The minimum absolute atomic E-state index is 0.0297. The van der Waals surface area contributed by atoms with Gasteiger partial charge in [-0.25, -0.2) is 0 Å². The molecule has 0 saturated heterocycles. The molecule has 4 rings (SSSR count). The molecule has 2 N–H and O–H groups in total. The van der Waals surface area contributed by atoms with E-state index in [2.05, 4.69) is 35.4 Å². The van der Waals surface area contributed by atoms with E-state index >= 15 is 0 Å². The van der Waals surface area contributed by atoms with Crippen LogP contribution in [0.5, 0.6) is 0 Å². The number of nitrogens with zero attached hydrogens (tertiary/aromatic N) is 1. The van der Waals surface area contributed by atoms with Crippen LogP contribution in [0.3, 0.4) is 0 Å². The van der Waals surface area contributed by atoms with E-state index in [1.165, 1.54) is 5.56 Å². The quantitative estimate of drug-likeness (QED) is 0.589. The fourth-order valence-corrected chi connectivity index (χ4v) is 2.94. The van der Waals surface area contributed by atoms with E-state index in [9.17, 15) is 4.79 Å². The van der Waals surface area contributed by atoms with Crippen molar-refractivity contribution in [1.29, 1.82) is 0 Å². The molecule has 4 heteroatoms. The molecule has 0 saturated carbocycles. The number of benzene rings is 2. The van der Waals surface area contributed by atoms with Crippen LogP contribution in [0.1, 0.15) is 5.56 Å². The Morgan fingerprint density at radius 3 is 2.91 bits per heavy atom. The van der Waals surface area contributed by atoms with Gasteiger partial charge in [-0.15, -0.1) is 0 Å². The highest BCUT2D eigenvalue weighted by Gasteiger charge is 2.07. The Labute approximate surface area is 133 Å². The zero-order valence-corrected chi connectivity index (χ0v) is 12.8. The number of hydrogen-bond acceptors (Lipinski definition) is 1. The van der Waals surface area contributed by atoms with Gasteiger partial charge in [-0.1, -0.05) is 11.6 Å². The van der Waals surface area contributed by atoms with E-state index < -0.39 is 0 Å². The Hall–Kier alpha value is -3.01. The van der Waals surface area contributed by atoms with Crippen LogP contribution in [0.25, 0.3) is 21.8 Å². The number of nitrogens with one attached hydrogen (secondary N) is 2. The molecule has 0 aliphatic rings. The molecule has 23 heavy (non-hydrogen) atoms. The summed E-state index contributed by atoms with van der Waals surface area (Å²) in [5, 5.41) is 5.21. The molecule has 4 aromatic rings. The van der Waals surface area contributed by atoms with Gasteiger partial charge in [-0.3, -0.25) is 4.79 Å². The predicted molar refractivity (Wildman–Crippen MR) is 93.6 cm³/mol. The molecular formula is C19H17N3O. The zero-order chi connectivity index (χ0) is 15.8. The van der Waals surface area contributed by atoms with Gasteiger partial charge in [0.1, 0.15) is 6.54 Å². The van der Waals surface area contributed by atoms with Crippen molar-refractivity contribution in [3.05, 3.63) is 66.5 Å². The third kappa shape index (κ3) is 2.59. The lowest BCUT2D eigenvalue weighted by atomic mass is 10.2. The van der Waals surface area contributed by atoms with Crippen LogP contribution < -0.4 is 5.32 Å². The summed E-state index contributed by atoms with van der Waals surface area (Å²) >= 11 is 0. The number of carbonyl (C=O) groups excluding carboxylic acids is 1. The van der Waals surface area contributed by atoms with Crippen molar-refractivity contribution in [3.63, 3.8) is 0 Å². The lowest BCUT2D eigenvalue weighted by molar-refractivity contribution is -0.116. The molecule has 2 aromatic carbocycles. The van der Waals surface area contributed by atoms with Gasteiger partial charge in [0.15, 0.2) is 0 Å². The number of anilines is 1. The number of rotatable bonds is 3. The normalized spacial score (nSPS) is 11.2. The monoisotopic (exact) mass is 303 g/mol. The van der Waals surface area contributed by atoms with Crippen LogP contribution in [0.15, 0.2) is 60.9 Å². The number of aromatic amines is 1. The highest BCUT2D eigenvalue weighted by atomic mass is 16.1. The summed E-state index contributed by atoms with van der Waals surface area (Å²) < 4.78 is 1.97. The first-order valence-corrected chi connectivity index (χ1v) is 7.61. The summed E-state index contributed by atoms with van der Waals surface area (Å²) in [4.78, 5) is 15.5. The Morgan fingerprint density at radius 2 is 2.00 bits per heavy atom. The maximum atomic E-state index is 12.3. The number of aromatic nitrogens is 2. The lowest BCUT2D eigenvalue weighted by Gasteiger charge is -2.08.